The van der Waals surface area contributed by atoms with Crippen LogP contribution in [-0.4, -0.2) is 26.4 Å². The second-order valence-electron chi connectivity index (χ2n) is 7.23. The SMILES string of the molecule is CC1CCc2c(-c3nnc(SCC(=O)Nc4cc(Cl)ccc4Cl)n3C)csc2C1. The molecule has 5 nitrogen and oxygen atoms in total. The Hall–Kier alpha value is -1.54. The molecule has 2 heterocycles. The van der Waals surface area contributed by atoms with Crippen LogP contribution >= 0.6 is 46.3 Å². The van der Waals surface area contributed by atoms with Crippen LogP contribution in [0.3, 0.4) is 0 Å². The lowest BCUT2D eigenvalue weighted by atomic mass is 9.88. The number of hydrogen-bond acceptors (Lipinski definition) is 5. The van der Waals surface area contributed by atoms with Crippen molar-refractivity contribution in [2.45, 2.75) is 31.3 Å². The smallest absolute Gasteiger partial charge is 0.234 e. The molecule has 4 rings (SSSR count). The molecule has 29 heavy (non-hydrogen) atoms. The summed E-state index contributed by atoms with van der Waals surface area (Å²) in [6, 6.07) is 4.97. The minimum absolute atomic E-state index is 0.175. The van der Waals surface area contributed by atoms with Crippen LogP contribution in [-0.2, 0) is 24.7 Å². The highest BCUT2D eigenvalue weighted by atomic mass is 35.5. The van der Waals surface area contributed by atoms with Gasteiger partial charge in [-0.05, 0) is 48.9 Å². The lowest BCUT2D eigenvalue weighted by molar-refractivity contribution is -0.113. The van der Waals surface area contributed by atoms with Gasteiger partial charge in [-0.25, -0.2) is 0 Å². The van der Waals surface area contributed by atoms with E-state index in [1.54, 1.807) is 18.2 Å². The summed E-state index contributed by atoms with van der Waals surface area (Å²) in [6.07, 6.45) is 3.45. The number of benzene rings is 1. The molecule has 1 N–H and O–H groups in total. The van der Waals surface area contributed by atoms with E-state index in [0.29, 0.717) is 20.9 Å². The molecular formula is C20H20Cl2N4OS2. The van der Waals surface area contributed by atoms with Crippen LogP contribution in [0.2, 0.25) is 10.0 Å². The summed E-state index contributed by atoms with van der Waals surface area (Å²) in [5.41, 5.74) is 3.09. The highest BCUT2D eigenvalue weighted by Gasteiger charge is 2.23. The molecule has 9 heteroatoms. The Morgan fingerprint density at radius 2 is 2.21 bits per heavy atom. The third-order valence-electron chi connectivity index (χ3n) is 5.01. The zero-order chi connectivity index (χ0) is 20.5. The van der Waals surface area contributed by atoms with Crippen molar-refractivity contribution in [3.8, 4) is 11.4 Å². The van der Waals surface area contributed by atoms with Gasteiger partial charge in [0.15, 0.2) is 11.0 Å². The Kier molecular flexibility index (Phi) is 6.20. The Morgan fingerprint density at radius 1 is 1.38 bits per heavy atom. The van der Waals surface area contributed by atoms with Crippen molar-refractivity contribution >= 4 is 57.9 Å². The molecule has 2 aromatic heterocycles. The minimum Gasteiger partial charge on any atom is -0.324 e. The van der Waals surface area contributed by atoms with Gasteiger partial charge in [-0.3, -0.25) is 4.79 Å². The Bertz CT molecular complexity index is 1060. The van der Waals surface area contributed by atoms with E-state index in [-0.39, 0.29) is 11.7 Å². The molecule has 3 aromatic rings. The first-order chi connectivity index (χ1) is 13.9. The maximum atomic E-state index is 12.3. The van der Waals surface area contributed by atoms with Crippen LogP contribution < -0.4 is 5.32 Å². The predicted octanol–water partition coefficient (Wildman–Crippen LogP) is 5.71. The molecule has 1 amide bonds. The van der Waals surface area contributed by atoms with Crippen molar-refractivity contribution in [2.75, 3.05) is 11.1 Å². The highest BCUT2D eigenvalue weighted by molar-refractivity contribution is 7.99. The summed E-state index contributed by atoms with van der Waals surface area (Å²) in [5.74, 6) is 1.63. The standard InChI is InChI=1S/C20H20Cl2N4OS2/c1-11-3-5-13-14(9-28-17(13)7-11)19-24-25-20(26(19)2)29-10-18(27)23-16-8-12(21)4-6-15(16)22/h4,6,8-9,11H,3,5,7,10H2,1-2H3,(H,23,27). The van der Waals surface area contributed by atoms with E-state index in [9.17, 15) is 4.79 Å². The largest absolute Gasteiger partial charge is 0.324 e. The molecule has 0 saturated heterocycles. The van der Waals surface area contributed by atoms with Gasteiger partial charge in [0.05, 0.1) is 16.5 Å². The highest BCUT2D eigenvalue weighted by Crippen LogP contribution is 2.38. The third-order valence-corrected chi connectivity index (χ3v) is 7.65. The fourth-order valence-corrected chi connectivity index (χ4v) is 5.74. The molecule has 1 atom stereocenters. The van der Waals surface area contributed by atoms with E-state index in [2.05, 4.69) is 27.8 Å². The molecule has 0 spiro atoms. The number of rotatable bonds is 5. The number of thiophene rings is 1. The fraction of sp³-hybridized carbons (Fsp3) is 0.350. The van der Waals surface area contributed by atoms with Crippen LogP contribution in [0.1, 0.15) is 23.8 Å². The second kappa shape index (κ2) is 8.68. The number of carbonyl (C=O) groups is 1. The molecule has 1 aliphatic carbocycles. The summed E-state index contributed by atoms with van der Waals surface area (Å²) in [6.45, 7) is 2.31. The van der Waals surface area contributed by atoms with Gasteiger partial charge in [0.25, 0.3) is 0 Å². The van der Waals surface area contributed by atoms with E-state index < -0.39 is 0 Å². The Labute approximate surface area is 187 Å². The lowest BCUT2D eigenvalue weighted by Gasteiger charge is -2.18. The number of hydrogen-bond donors (Lipinski definition) is 1. The summed E-state index contributed by atoms with van der Waals surface area (Å²) in [7, 11) is 1.94. The van der Waals surface area contributed by atoms with Gasteiger partial charge in [-0.2, -0.15) is 0 Å². The number of aromatic nitrogens is 3. The van der Waals surface area contributed by atoms with Crippen molar-refractivity contribution < 1.29 is 4.79 Å². The molecule has 0 bridgehead atoms. The van der Waals surface area contributed by atoms with E-state index in [0.717, 1.165) is 24.6 Å². The topological polar surface area (TPSA) is 59.8 Å². The summed E-state index contributed by atoms with van der Waals surface area (Å²) < 4.78 is 1.96. The number of carbonyl (C=O) groups excluding carboxylic acids is 1. The van der Waals surface area contributed by atoms with Gasteiger partial charge in [-0.15, -0.1) is 21.5 Å². The van der Waals surface area contributed by atoms with Gasteiger partial charge < -0.3 is 9.88 Å². The number of amides is 1. The van der Waals surface area contributed by atoms with Crippen LogP contribution in [0.25, 0.3) is 11.4 Å². The average molecular weight is 467 g/mol. The number of anilines is 1. The minimum atomic E-state index is -0.175. The molecule has 0 aliphatic heterocycles. The van der Waals surface area contributed by atoms with Gasteiger partial charge in [0.1, 0.15) is 0 Å². The van der Waals surface area contributed by atoms with Crippen LogP contribution in [0, 0.1) is 5.92 Å². The van der Waals surface area contributed by atoms with E-state index in [4.69, 9.17) is 23.2 Å². The normalized spacial score (nSPS) is 15.9. The van der Waals surface area contributed by atoms with E-state index in [1.165, 1.54) is 34.2 Å². The predicted molar refractivity (Wildman–Crippen MR) is 121 cm³/mol. The quantitative estimate of drug-likeness (QED) is 0.489. The molecule has 152 valence electrons. The van der Waals surface area contributed by atoms with Gasteiger partial charge in [-0.1, -0.05) is 41.9 Å². The Balaban J connectivity index is 1.44. The molecule has 0 radical (unpaired) electrons. The first kappa shape index (κ1) is 20.7. The maximum Gasteiger partial charge on any atom is 0.234 e. The second-order valence-corrected chi connectivity index (χ2v) is 9.98. The van der Waals surface area contributed by atoms with Crippen molar-refractivity contribution in [1.82, 2.24) is 14.8 Å². The van der Waals surface area contributed by atoms with Crippen LogP contribution in [0.5, 0.6) is 0 Å². The number of nitrogens with zero attached hydrogens (tertiary/aromatic N) is 3. The van der Waals surface area contributed by atoms with Crippen molar-refractivity contribution in [2.24, 2.45) is 13.0 Å². The number of thioether (sulfide) groups is 1. The number of halogens is 2. The fourth-order valence-electron chi connectivity index (χ4n) is 3.45. The first-order valence-electron chi connectivity index (χ1n) is 9.29. The Morgan fingerprint density at radius 3 is 3.03 bits per heavy atom. The maximum absolute atomic E-state index is 12.3. The number of fused-ring (bicyclic) bond motifs is 1. The molecule has 1 aromatic carbocycles. The summed E-state index contributed by atoms with van der Waals surface area (Å²) in [5, 5.41) is 15.4. The molecule has 0 fully saturated rings. The number of nitrogens with one attached hydrogen (secondary N) is 1. The van der Waals surface area contributed by atoms with Gasteiger partial charge in [0, 0.05) is 27.9 Å². The molecular weight excluding hydrogens is 447 g/mol. The third kappa shape index (κ3) is 4.48. The monoisotopic (exact) mass is 466 g/mol. The molecule has 1 aliphatic rings. The molecule has 1 unspecified atom stereocenters. The van der Waals surface area contributed by atoms with E-state index >= 15 is 0 Å². The zero-order valence-corrected chi connectivity index (χ0v) is 19.2. The van der Waals surface area contributed by atoms with Crippen molar-refractivity contribution in [3.05, 3.63) is 44.1 Å². The summed E-state index contributed by atoms with van der Waals surface area (Å²) >= 11 is 15.2. The van der Waals surface area contributed by atoms with Gasteiger partial charge in [0.2, 0.25) is 5.91 Å². The van der Waals surface area contributed by atoms with Gasteiger partial charge >= 0.3 is 0 Å². The van der Waals surface area contributed by atoms with Crippen LogP contribution in [0.15, 0.2) is 28.7 Å². The van der Waals surface area contributed by atoms with Crippen molar-refractivity contribution in [3.63, 3.8) is 0 Å². The average Bonchev–Trinajstić information content (AvgIpc) is 3.25. The summed E-state index contributed by atoms with van der Waals surface area (Å²) in [4.78, 5) is 13.8. The van der Waals surface area contributed by atoms with Crippen molar-refractivity contribution in [1.29, 1.82) is 0 Å². The molecule has 0 saturated carbocycles. The van der Waals surface area contributed by atoms with E-state index in [1.807, 2.05) is 23.0 Å². The first-order valence-corrected chi connectivity index (χ1v) is 11.9. The van der Waals surface area contributed by atoms with Crippen LogP contribution in [0.4, 0.5) is 5.69 Å². The lowest BCUT2D eigenvalue weighted by Crippen LogP contribution is -2.14. The zero-order valence-electron chi connectivity index (χ0n) is 16.0.